The van der Waals surface area contributed by atoms with Gasteiger partial charge in [-0.25, -0.2) is 18.4 Å². The lowest BCUT2D eigenvalue weighted by Crippen LogP contribution is -2.48. The van der Waals surface area contributed by atoms with E-state index in [0.717, 1.165) is 44.0 Å². The van der Waals surface area contributed by atoms with Crippen molar-refractivity contribution in [3.05, 3.63) is 12.4 Å². The summed E-state index contributed by atoms with van der Waals surface area (Å²) in [6, 6.07) is 1.91. The van der Waals surface area contributed by atoms with Crippen LogP contribution in [0.5, 0.6) is 0 Å². The highest BCUT2D eigenvalue weighted by Gasteiger charge is 2.40. The van der Waals surface area contributed by atoms with E-state index in [1.165, 1.54) is 6.33 Å². The van der Waals surface area contributed by atoms with Crippen LogP contribution in [-0.2, 0) is 14.8 Å². The smallest absolute Gasteiger partial charge is 0.241 e. The SMILES string of the molecule is CN1CCN(c2cc(N3CCCN(S(=O)(=O)C4CC4)CC3)ncn2)CC1=O. The van der Waals surface area contributed by atoms with Gasteiger partial charge in [-0.05, 0) is 19.3 Å². The third-order valence-electron chi connectivity index (χ3n) is 5.50. The molecule has 4 rings (SSSR count). The highest BCUT2D eigenvalue weighted by Crippen LogP contribution is 2.31. The number of hydrogen-bond acceptors (Lipinski definition) is 7. The van der Waals surface area contributed by atoms with E-state index in [1.54, 1.807) is 9.21 Å². The van der Waals surface area contributed by atoms with Crippen LogP contribution in [0.1, 0.15) is 19.3 Å². The van der Waals surface area contributed by atoms with Crippen LogP contribution < -0.4 is 9.80 Å². The fraction of sp³-hybridized carbons (Fsp3) is 0.706. The maximum absolute atomic E-state index is 12.5. The summed E-state index contributed by atoms with van der Waals surface area (Å²) < 4.78 is 26.6. The van der Waals surface area contributed by atoms with Crippen molar-refractivity contribution in [2.75, 3.05) is 62.7 Å². The van der Waals surface area contributed by atoms with Crippen LogP contribution in [0.2, 0.25) is 0 Å². The lowest BCUT2D eigenvalue weighted by Gasteiger charge is -2.33. The van der Waals surface area contributed by atoms with Crippen molar-refractivity contribution >= 4 is 27.6 Å². The quantitative estimate of drug-likeness (QED) is 0.696. The third kappa shape index (κ3) is 3.86. The Kier molecular flexibility index (Phi) is 4.94. The first-order valence-electron chi connectivity index (χ1n) is 9.50. The first kappa shape index (κ1) is 18.4. The Morgan fingerprint density at radius 3 is 2.37 bits per heavy atom. The highest BCUT2D eigenvalue weighted by molar-refractivity contribution is 7.90. The van der Waals surface area contributed by atoms with E-state index in [2.05, 4.69) is 14.9 Å². The van der Waals surface area contributed by atoms with E-state index >= 15 is 0 Å². The molecule has 2 aliphatic heterocycles. The molecule has 0 radical (unpaired) electrons. The molecule has 0 aromatic carbocycles. The zero-order valence-corrected chi connectivity index (χ0v) is 16.4. The second-order valence-electron chi connectivity index (χ2n) is 7.46. The Labute approximate surface area is 160 Å². The maximum atomic E-state index is 12.5. The normalized spacial score (nSPS) is 22.9. The van der Waals surface area contributed by atoms with Gasteiger partial charge in [-0.2, -0.15) is 4.31 Å². The number of amides is 1. The molecule has 2 saturated heterocycles. The first-order chi connectivity index (χ1) is 12.9. The maximum Gasteiger partial charge on any atom is 0.241 e. The van der Waals surface area contributed by atoms with Crippen molar-refractivity contribution in [3.63, 3.8) is 0 Å². The van der Waals surface area contributed by atoms with Crippen LogP contribution in [0.3, 0.4) is 0 Å². The van der Waals surface area contributed by atoms with Gasteiger partial charge in [0.05, 0.1) is 11.8 Å². The molecular weight excluding hydrogens is 368 g/mol. The van der Waals surface area contributed by atoms with Crippen LogP contribution >= 0.6 is 0 Å². The summed E-state index contributed by atoms with van der Waals surface area (Å²) in [5.74, 6) is 1.61. The molecule has 3 heterocycles. The van der Waals surface area contributed by atoms with E-state index in [1.807, 2.05) is 18.0 Å². The van der Waals surface area contributed by atoms with Gasteiger partial charge in [0.15, 0.2) is 0 Å². The van der Waals surface area contributed by atoms with Gasteiger partial charge in [-0.15, -0.1) is 0 Å². The largest absolute Gasteiger partial charge is 0.355 e. The minimum absolute atomic E-state index is 0.0807. The molecule has 0 bridgehead atoms. The average Bonchev–Trinajstić information content (AvgIpc) is 3.51. The van der Waals surface area contributed by atoms with Crippen LogP contribution in [0, 0.1) is 0 Å². The summed E-state index contributed by atoms with van der Waals surface area (Å²) in [6.07, 6.45) is 3.89. The van der Waals surface area contributed by atoms with Gasteiger partial charge in [-0.1, -0.05) is 0 Å². The number of carbonyl (C=O) groups excluding carboxylic acids is 1. The third-order valence-corrected chi connectivity index (χ3v) is 7.90. The van der Waals surface area contributed by atoms with Crippen molar-refractivity contribution in [1.29, 1.82) is 0 Å². The summed E-state index contributed by atoms with van der Waals surface area (Å²) in [5.41, 5.74) is 0. The highest BCUT2D eigenvalue weighted by atomic mass is 32.2. The summed E-state index contributed by atoms with van der Waals surface area (Å²) >= 11 is 0. The van der Waals surface area contributed by atoms with Gasteiger partial charge in [0.2, 0.25) is 15.9 Å². The van der Waals surface area contributed by atoms with Gasteiger partial charge in [0.1, 0.15) is 18.0 Å². The molecule has 0 unspecified atom stereocenters. The summed E-state index contributed by atoms with van der Waals surface area (Å²) in [7, 11) is -1.32. The number of piperazine rings is 1. The fourth-order valence-corrected chi connectivity index (χ4v) is 5.46. The number of anilines is 2. The molecular formula is C17H26N6O3S. The Bertz CT molecular complexity index is 813. The lowest BCUT2D eigenvalue weighted by atomic mass is 10.3. The molecule has 1 aromatic rings. The minimum Gasteiger partial charge on any atom is -0.355 e. The van der Waals surface area contributed by atoms with Gasteiger partial charge in [-0.3, -0.25) is 4.79 Å². The Balaban J connectivity index is 1.45. The molecule has 148 valence electrons. The fourth-order valence-electron chi connectivity index (χ4n) is 3.59. The van der Waals surface area contributed by atoms with Crippen molar-refractivity contribution in [2.24, 2.45) is 0 Å². The number of aromatic nitrogens is 2. The van der Waals surface area contributed by atoms with E-state index in [-0.39, 0.29) is 11.2 Å². The second-order valence-corrected chi connectivity index (χ2v) is 9.67. The number of likely N-dealkylation sites (N-methyl/N-ethyl adjacent to an activating group) is 1. The first-order valence-corrected chi connectivity index (χ1v) is 11.0. The van der Waals surface area contributed by atoms with E-state index in [0.29, 0.717) is 32.7 Å². The monoisotopic (exact) mass is 394 g/mol. The molecule has 1 amide bonds. The standard InChI is InChI=1S/C17H26N6O3S/c1-20-7-8-22(12-17(20)24)16-11-15(18-13-19-16)21-5-2-6-23(10-9-21)27(25,26)14-3-4-14/h11,13-14H,2-10,12H2,1H3. The van der Waals surface area contributed by atoms with Crippen LogP contribution in [0.15, 0.2) is 12.4 Å². The zero-order valence-electron chi connectivity index (χ0n) is 15.6. The van der Waals surface area contributed by atoms with Crippen LogP contribution in [-0.4, -0.2) is 91.6 Å². The Morgan fingerprint density at radius 1 is 0.963 bits per heavy atom. The molecule has 0 spiro atoms. The molecule has 27 heavy (non-hydrogen) atoms. The predicted molar refractivity (Wildman–Crippen MR) is 102 cm³/mol. The van der Waals surface area contributed by atoms with Crippen molar-refractivity contribution in [1.82, 2.24) is 19.2 Å². The van der Waals surface area contributed by atoms with Crippen LogP contribution in [0.25, 0.3) is 0 Å². The van der Waals surface area contributed by atoms with Gasteiger partial charge >= 0.3 is 0 Å². The topological polar surface area (TPSA) is 89.9 Å². The van der Waals surface area contributed by atoms with Crippen molar-refractivity contribution < 1.29 is 13.2 Å². The van der Waals surface area contributed by atoms with Gasteiger partial charge in [0, 0.05) is 52.4 Å². The van der Waals surface area contributed by atoms with Crippen LogP contribution in [0.4, 0.5) is 11.6 Å². The molecule has 3 fully saturated rings. The molecule has 1 aliphatic carbocycles. The zero-order chi connectivity index (χ0) is 19.0. The Morgan fingerprint density at radius 2 is 1.67 bits per heavy atom. The molecule has 1 aromatic heterocycles. The molecule has 3 aliphatic rings. The van der Waals surface area contributed by atoms with Gasteiger partial charge in [0.25, 0.3) is 0 Å². The minimum atomic E-state index is -3.13. The summed E-state index contributed by atoms with van der Waals surface area (Å²) in [5, 5.41) is -0.163. The van der Waals surface area contributed by atoms with Gasteiger partial charge < -0.3 is 14.7 Å². The van der Waals surface area contributed by atoms with E-state index in [9.17, 15) is 13.2 Å². The molecule has 10 heteroatoms. The molecule has 0 atom stereocenters. The number of hydrogen-bond donors (Lipinski definition) is 0. The van der Waals surface area contributed by atoms with E-state index < -0.39 is 10.0 Å². The summed E-state index contributed by atoms with van der Waals surface area (Å²) in [4.78, 5) is 26.5. The second kappa shape index (κ2) is 7.23. The average molecular weight is 395 g/mol. The predicted octanol–water partition coefficient (Wildman–Crippen LogP) is -0.241. The Hall–Kier alpha value is -1.94. The molecule has 1 saturated carbocycles. The number of carbonyl (C=O) groups is 1. The molecule has 9 nitrogen and oxygen atoms in total. The number of rotatable bonds is 4. The van der Waals surface area contributed by atoms with E-state index in [4.69, 9.17) is 0 Å². The number of nitrogens with zero attached hydrogens (tertiary/aromatic N) is 6. The lowest BCUT2D eigenvalue weighted by molar-refractivity contribution is -0.129. The van der Waals surface area contributed by atoms with Crippen molar-refractivity contribution in [2.45, 2.75) is 24.5 Å². The van der Waals surface area contributed by atoms with Crippen molar-refractivity contribution in [3.8, 4) is 0 Å². The summed E-state index contributed by atoms with van der Waals surface area (Å²) in [6.45, 7) is 4.17. The number of sulfonamides is 1. The molecule has 0 N–H and O–H groups in total.